The molecule has 0 bridgehead atoms. The Morgan fingerprint density at radius 1 is 1.14 bits per heavy atom. The fourth-order valence-corrected chi connectivity index (χ4v) is 2.68. The molecule has 4 heteroatoms. The van der Waals surface area contributed by atoms with Crippen molar-refractivity contribution in [3.8, 4) is 5.75 Å². The minimum absolute atomic E-state index is 0.530. The Balaban J connectivity index is 1.62. The second-order valence-corrected chi connectivity index (χ2v) is 5.92. The molecule has 1 aromatic carbocycles. The van der Waals surface area contributed by atoms with Crippen LogP contribution in [0.4, 0.5) is 0 Å². The van der Waals surface area contributed by atoms with E-state index in [1.54, 1.807) is 4.90 Å². The quantitative estimate of drug-likeness (QED) is 0.702. The van der Waals surface area contributed by atoms with E-state index in [0.29, 0.717) is 19.1 Å². The van der Waals surface area contributed by atoms with Gasteiger partial charge in [-0.15, -0.1) is 0 Å². The molecule has 0 unspecified atom stereocenters. The first-order valence-electron chi connectivity index (χ1n) is 8.52. The van der Waals surface area contributed by atoms with Gasteiger partial charge in [-0.3, -0.25) is 0 Å². The Morgan fingerprint density at radius 2 is 1.91 bits per heavy atom. The van der Waals surface area contributed by atoms with Crippen LogP contribution in [0, 0.1) is 0 Å². The monoisotopic (exact) mass is 308 g/mol. The largest absolute Gasteiger partial charge is 0.491 e. The van der Waals surface area contributed by atoms with Gasteiger partial charge in [-0.1, -0.05) is 32.0 Å². The summed E-state index contributed by atoms with van der Waals surface area (Å²) in [7, 11) is 0. The highest BCUT2D eigenvalue weighted by molar-refractivity contribution is 5.35. The Kier molecular flexibility index (Phi) is 7.71. The minimum atomic E-state index is 0.530. The van der Waals surface area contributed by atoms with Gasteiger partial charge in [0, 0.05) is 0 Å². The van der Waals surface area contributed by atoms with Gasteiger partial charge in [0.25, 0.3) is 0 Å². The van der Waals surface area contributed by atoms with Gasteiger partial charge in [-0.25, -0.2) is 0 Å². The molecule has 1 N–H and O–H groups in total. The lowest BCUT2D eigenvalue weighted by molar-refractivity contribution is -0.908. The lowest BCUT2D eigenvalue weighted by Gasteiger charge is -2.23. The molecule has 0 saturated carbocycles. The maximum absolute atomic E-state index is 5.90. The van der Waals surface area contributed by atoms with Crippen molar-refractivity contribution in [3.05, 3.63) is 29.8 Å². The van der Waals surface area contributed by atoms with Crippen LogP contribution >= 0.6 is 0 Å². The van der Waals surface area contributed by atoms with E-state index in [4.69, 9.17) is 14.2 Å². The second kappa shape index (κ2) is 9.82. The van der Waals surface area contributed by atoms with E-state index in [2.05, 4.69) is 32.0 Å². The van der Waals surface area contributed by atoms with Crippen molar-refractivity contribution in [2.45, 2.75) is 26.2 Å². The summed E-state index contributed by atoms with van der Waals surface area (Å²) in [4.78, 5) is 1.58. The molecule has 2 rings (SSSR count). The molecular formula is C18H30NO3+. The average Bonchev–Trinajstić information content (AvgIpc) is 2.58. The predicted molar refractivity (Wildman–Crippen MR) is 87.8 cm³/mol. The number of ether oxygens (including phenoxy) is 3. The van der Waals surface area contributed by atoms with Crippen LogP contribution < -0.4 is 9.64 Å². The topological polar surface area (TPSA) is 32.1 Å². The van der Waals surface area contributed by atoms with Crippen LogP contribution in [0.5, 0.6) is 5.75 Å². The highest BCUT2D eigenvalue weighted by Crippen LogP contribution is 2.28. The number of para-hydroxylation sites is 1. The van der Waals surface area contributed by atoms with Gasteiger partial charge in [0.1, 0.15) is 32.0 Å². The molecule has 4 nitrogen and oxygen atoms in total. The first-order valence-corrected chi connectivity index (χ1v) is 8.52. The summed E-state index contributed by atoms with van der Waals surface area (Å²) in [5, 5.41) is 0. The maximum Gasteiger partial charge on any atom is 0.122 e. The molecule has 124 valence electrons. The number of hydrogen-bond acceptors (Lipinski definition) is 3. The highest BCUT2D eigenvalue weighted by Gasteiger charge is 2.13. The Morgan fingerprint density at radius 3 is 2.68 bits per heavy atom. The third kappa shape index (κ3) is 5.59. The van der Waals surface area contributed by atoms with Gasteiger partial charge >= 0.3 is 0 Å². The molecule has 1 aromatic rings. The number of nitrogens with one attached hydrogen (secondary N) is 1. The summed E-state index contributed by atoms with van der Waals surface area (Å²) in [5.41, 5.74) is 1.29. The maximum atomic E-state index is 5.90. The minimum Gasteiger partial charge on any atom is -0.491 e. The number of hydrogen-bond donors (Lipinski definition) is 1. The van der Waals surface area contributed by atoms with E-state index in [-0.39, 0.29) is 0 Å². The summed E-state index contributed by atoms with van der Waals surface area (Å²) in [5.74, 6) is 1.53. The summed E-state index contributed by atoms with van der Waals surface area (Å²) in [6.45, 7) is 11.5. The SMILES string of the molecule is CC[C@@H](C)c1ccccc1OCCOCC[NH+]1CCOCC1. The first kappa shape index (κ1) is 17.3. The predicted octanol–water partition coefficient (Wildman–Crippen LogP) is 1.51. The fourth-order valence-electron chi connectivity index (χ4n) is 2.68. The molecular weight excluding hydrogens is 278 g/mol. The number of morpholine rings is 1. The van der Waals surface area contributed by atoms with Crippen molar-refractivity contribution in [3.63, 3.8) is 0 Å². The van der Waals surface area contributed by atoms with Crippen LogP contribution in [0.15, 0.2) is 24.3 Å². The molecule has 22 heavy (non-hydrogen) atoms. The summed E-state index contributed by atoms with van der Waals surface area (Å²) < 4.78 is 17.0. The van der Waals surface area contributed by atoms with Crippen molar-refractivity contribution >= 4 is 0 Å². The van der Waals surface area contributed by atoms with Crippen LogP contribution in [0.25, 0.3) is 0 Å². The van der Waals surface area contributed by atoms with Crippen molar-refractivity contribution in [2.75, 3.05) is 52.7 Å². The lowest BCUT2D eigenvalue weighted by atomic mass is 9.98. The van der Waals surface area contributed by atoms with Crippen LogP contribution in [0.1, 0.15) is 31.7 Å². The molecule has 0 aliphatic carbocycles. The Hall–Kier alpha value is -1.10. The number of quaternary nitrogens is 1. The van der Waals surface area contributed by atoms with E-state index < -0.39 is 0 Å². The van der Waals surface area contributed by atoms with Gasteiger partial charge in [0.15, 0.2) is 0 Å². The van der Waals surface area contributed by atoms with E-state index in [1.165, 1.54) is 5.56 Å². The van der Waals surface area contributed by atoms with Gasteiger partial charge in [-0.2, -0.15) is 0 Å². The number of benzene rings is 1. The highest BCUT2D eigenvalue weighted by atomic mass is 16.5. The average molecular weight is 308 g/mol. The molecule has 1 fully saturated rings. The normalized spacial score (nSPS) is 17.4. The van der Waals surface area contributed by atoms with Crippen molar-refractivity contribution < 1.29 is 19.1 Å². The van der Waals surface area contributed by atoms with Crippen molar-refractivity contribution in [1.82, 2.24) is 0 Å². The van der Waals surface area contributed by atoms with Gasteiger partial charge in [0.2, 0.25) is 0 Å². The zero-order chi connectivity index (χ0) is 15.6. The van der Waals surface area contributed by atoms with Crippen molar-refractivity contribution in [1.29, 1.82) is 0 Å². The zero-order valence-electron chi connectivity index (χ0n) is 14.0. The summed E-state index contributed by atoms with van der Waals surface area (Å²) >= 11 is 0. The molecule has 0 radical (unpaired) electrons. The zero-order valence-corrected chi connectivity index (χ0v) is 14.0. The molecule has 0 amide bonds. The standard InChI is InChI=1S/C18H29NO3/c1-3-16(2)17-6-4-5-7-18(17)22-15-14-21-13-10-19-8-11-20-12-9-19/h4-7,16H,3,8-15H2,1-2H3/p+1/t16-/m1/s1. The molecule has 1 atom stereocenters. The molecule has 1 saturated heterocycles. The summed E-state index contributed by atoms with van der Waals surface area (Å²) in [6.07, 6.45) is 1.12. The number of rotatable bonds is 9. The Labute approximate surface area is 134 Å². The molecule has 1 aliphatic rings. The van der Waals surface area contributed by atoms with Gasteiger partial charge < -0.3 is 19.1 Å². The van der Waals surface area contributed by atoms with Crippen LogP contribution in [0.2, 0.25) is 0 Å². The Bertz CT molecular complexity index is 419. The van der Waals surface area contributed by atoms with E-state index in [0.717, 1.165) is 51.6 Å². The lowest BCUT2D eigenvalue weighted by Crippen LogP contribution is -3.14. The van der Waals surface area contributed by atoms with Crippen molar-refractivity contribution in [2.24, 2.45) is 0 Å². The first-order chi connectivity index (χ1) is 10.8. The molecule has 0 aromatic heterocycles. The van der Waals surface area contributed by atoms with E-state index in [9.17, 15) is 0 Å². The van der Waals surface area contributed by atoms with Crippen LogP contribution in [-0.2, 0) is 9.47 Å². The van der Waals surface area contributed by atoms with E-state index in [1.807, 2.05) is 6.07 Å². The third-order valence-corrected chi connectivity index (χ3v) is 4.35. The molecule has 0 spiro atoms. The smallest absolute Gasteiger partial charge is 0.122 e. The van der Waals surface area contributed by atoms with Gasteiger partial charge in [0.05, 0.1) is 26.4 Å². The fraction of sp³-hybridized carbons (Fsp3) is 0.667. The molecule has 1 aliphatic heterocycles. The second-order valence-electron chi connectivity index (χ2n) is 5.92. The van der Waals surface area contributed by atoms with Crippen LogP contribution in [-0.4, -0.2) is 52.7 Å². The van der Waals surface area contributed by atoms with E-state index >= 15 is 0 Å². The third-order valence-electron chi connectivity index (χ3n) is 4.35. The summed E-state index contributed by atoms with van der Waals surface area (Å²) in [6, 6.07) is 8.32. The molecule has 1 heterocycles. The van der Waals surface area contributed by atoms with Crippen LogP contribution in [0.3, 0.4) is 0 Å². The van der Waals surface area contributed by atoms with Gasteiger partial charge in [-0.05, 0) is 24.0 Å².